The predicted octanol–water partition coefficient (Wildman–Crippen LogP) is 5.79. The van der Waals surface area contributed by atoms with Crippen LogP contribution in [-0.2, 0) is 24.2 Å². The van der Waals surface area contributed by atoms with Crippen molar-refractivity contribution in [2.24, 2.45) is 5.92 Å². The Balaban J connectivity index is 1.52. The second kappa shape index (κ2) is 9.85. The van der Waals surface area contributed by atoms with Gasteiger partial charge in [-0.15, -0.1) is 0 Å². The second-order valence-electron chi connectivity index (χ2n) is 9.31. The third kappa shape index (κ3) is 5.21. The Kier molecular flexibility index (Phi) is 7.15. The minimum atomic E-state index is -0.0165. The van der Waals surface area contributed by atoms with Gasteiger partial charge in [-0.05, 0) is 99.2 Å². The van der Waals surface area contributed by atoms with Gasteiger partial charge in [0.1, 0.15) is 5.75 Å². The summed E-state index contributed by atoms with van der Waals surface area (Å²) >= 11 is 1.76. The van der Waals surface area contributed by atoms with Crippen LogP contribution in [0.15, 0.2) is 41.3 Å². The van der Waals surface area contributed by atoms with Gasteiger partial charge in [-0.1, -0.05) is 19.1 Å². The van der Waals surface area contributed by atoms with Crippen LogP contribution in [0.4, 0.5) is 5.69 Å². The quantitative estimate of drug-likeness (QED) is 0.551. The zero-order valence-electron chi connectivity index (χ0n) is 19.0. The van der Waals surface area contributed by atoms with Gasteiger partial charge in [-0.2, -0.15) is 0 Å². The molecule has 2 aromatic rings. The Labute approximate surface area is 191 Å². The van der Waals surface area contributed by atoms with Crippen LogP contribution in [0, 0.1) is 5.92 Å². The highest BCUT2D eigenvalue weighted by Gasteiger charge is 2.34. The van der Waals surface area contributed by atoms with Crippen molar-refractivity contribution >= 4 is 17.6 Å². The fourth-order valence-electron chi connectivity index (χ4n) is 4.40. The van der Waals surface area contributed by atoms with Gasteiger partial charge in [0.25, 0.3) is 0 Å². The highest BCUT2D eigenvalue weighted by molar-refractivity contribution is 8.00. The lowest BCUT2D eigenvalue weighted by Crippen LogP contribution is -2.43. The number of ether oxygens (including phenoxy) is 2. The monoisotopic (exact) mass is 441 g/mol. The summed E-state index contributed by atoms with van der Waals surface area (Å²) in [5.41, 5.74) is 5.06. The lowest BCUT2D eigenvalue weighted by Gasteiger charge is -2.44. The first-order valence-electron chi connectivity index (χ1n) is 11.5. The molecule has 0 spiro atoms. The Bertz CT molecular complexity index is 892. The van der Waals surface area contributed by atoms with Gasteiger partial charge in [0.15, 0.2) is 0 Å². The first-order valence-corrected chi connectivity index (χ1v) is 12.3. The molecule has 2 heterocycles. The molecule has 0 aromatic heterocycles. The summed E-state index contributed by atoms with van der Waals surface area (Å²) in [5.74, 6) is 1.33. The normalized spacial score (nSPS) is 18.6. The van der Waals surface area contributed by atoms with E-state index in [1.54, 1.807) is 11.9 Å². The molecule has 31 heavy (non-hydrogen) atoms. The van der Waals surface area contributed by atoms with E-state index >= 15 is 0 Å². The molecule has 0 unspecified atom stereocenters. The van der Waals surface area contributed by atoms with Crippen molar-refractivity contribution in [3.05, 3.63) is 53.1 Å². The molecule has 4 rings (SSSR count). The lowest BCUT2D eigenvalue weighted by atomic mass is 9.88. The van der Waals surface area contributed by atoms with Crippen LogP contribution < -0.4 is 9.04 Å². The number of aliphatic hydroxyl groups excluding tert-OH is 1. The van der Waals surface area contributed by atoms with Crippen LogP contribution in [0.2, 0.25) is 0 Å². The fourth-order valence-corrected chi connectivity index (χ4v) is 5.55. The highest BCUT2D eigenvalue weighted by atomic mass is 32.2. The Morgan fingerprint density at radius 1 is 1.16 bits per heavy atom. The minimum absolute atomic E-state index is 0.0165. The van der Waals surface area contributed by atoms with Crippen molar-refractivity contribution in [2.45, 2.75) is 69.9 Å². The molecular weight excluding hydrogens is 406 g/mol. The van der Waals surface area contributed by atoms with Gasteiger partial charge in [-0.3, -0.25) is 0 Å². The number of fused-ring (bicyclic) bond motifs is 1. The number of anilines is 1. The van der Waals surface area contributed by atoms with Gasteiger partial charge in [0.2, 0.25) is 0 Å². The molecule has 0 atom stereocenters. The standard InChI is InChI=1S/C26H35NO3S/c1-4-19-5-7-24-21(15-19)9-12-26(2,3)27(24)31-23-6-8-25(22(16-23)17-28)30-18-20-10-13-29-14-11-20/h5-8,15-16,20,28H,4,9-14,17-18H2,1-3H3. The molecular formula is C26H35NO3S. The number of aryl methyl sites for hydroxylation is 2. The highest BCUT2D eigenvalue weighted by Crippen LogP contribution is 2.44. The molecule has 5 heteroatoms. The smallest absolute Gasteiger partial charge is 0.124 e. The second-order valence-corrected chi connectivity index (χ2v) is 10.3. The predicted molar refractivity (Wildman–Crippen MR) is 128 cm³/mol. The number of nitrogens with zero attached hydrogens (tertiary/aromatic N) is 1. The molecule has 0 bridgehead atoms. The third-order valence-electron chi connectivity index (χ3n) is 6.54. The van der Waals surface area contributed by atoms with E-state index in [9.17, 15) is 5.11 Å². The molecule has 0 radical (unpaired) electrons. The average molecular weight is 442 g/mol. The molecule has 0 amide bonds. The zero-order chi connectivity index (χ0) is 21.8. The van der Waals surface area contributed by atoms with Gasteiger partial charge in [0, 0.05) is 29.2 Å². The first kappa shape index (κ1) is 22.5. The number of rotatable bonds is 7. The number of benzene rings is 2. The van der Waals surface area contributed by atoms with Crippen LogP contribution in [0.25, 0.3) is 0 Å². The minimum Gasteiger partial charge on any atom is -0.493 e. The van der Waals surface area contributed by atoms with Crippen molar-refractivity contribution in [3.63, 3.8) is 0 Å². The van der Waals surface area contributed by atoms with Crippen LogP contribution in [-0.4, -0.2) is 30.5 Å². The average Bonchev–Trinajstić information content (AvgIpc) is 2.80. The van der Waals surface area contributed by atoms with Gasteiger partial charge >= 0.3 is 0 Å². The lowest BCUT2D eigenvalue weighted by molar-refractivity contribution is 0.0494. The fraction of sp³-hybridized carbons (Fsp3) is 0.538. The third-order valence-corrected chi connectivity index (χ3v) is 7.88. The molecule has 2 aromatic carbocycles. The maximum absolute atomic E-state index is 9.98. The maximum Gasteiger partial charge on any atom is 0.124 e. The van der Waals surface area contributed by atoms with Gasteiger partial charge < -0.3 is 18.9 Å². The number of aliphatic hydroxyl groups is 1. The van der Waals surface area contributed by atoms with E-state index in [4.69, 9.17) is 9.47 Å². The van der Waals surface area contributed by atoms with E-state index in [-0.39, 0.29) is 12.1 Å². The van der Waals surface area contributed by atoms with Gasteiger partial charge in [-0.25, -0.2) is 0 Å². The number of hydrogen-bond donors (Lipinski definition) is 1. The molecule has 168 valence electrons. The van der Waals surface area contributed by atoms with Crippen molar-refractivity contribution in [2.75, 3.05) is 24.1 Å². The topological polar surface area (TPSA) is 41.9 Å². The van der Waals surface area contributed by atoms with Crippen LogP contribution in [0.5, 0.6) is 5.75 Å². The van der Waals surface area contributed by atoms with Crippen molar-refractivity contribution < 1.29 is 14.6 Å². The molecule has 1 saturated heterocycles. The zero-order valence-corrected chi connectivity index (χ0v) is 19.8. The molecule has 1 N–H and O–H groups in total. The maximum atomic E-state index is 9.98. The summed E-state index contributed by atoms with van der Waals surface area (Å²) in [7, 11) is 0. The van der Waals surface area contributed by atoms with Crippen LogP contribution in [0.3, 0.4) is 0 Å². The molecule has 0 saturated carbocycles. The Morgan fingerprint density at radius 2 is 1.97 bits per heavy atom. The summed E-state index contributed by atoms with van der Waals surface area (Å²) in [6, 6.07) is 13.1. The largest absolute Gasteiger partial charge is 0.493 e. The first-order chi connectivity index (χ1) is 15.0. The molecule has 2 aliphatic heterocycles. The molecule has 0 aliphatic carbocycles. The van der Waals surface area contributed by atoms with E-state index in [0.717, 1.165) is 61.5 Å². The summed E-state index contributed by atoms with van der Waals surface area (Å²) in [6.07, 6.45) is 5.41. The van der Waals surface area contributed by atoms with E-state index in [0.29, 0.717) is 12.5 Å². The summed E-state index contributed by atoms with van der Waals surface area (Å²) < 4.78 is 14.0. The molecule has 1 fully saturated rings. The van der Waals surface area contributed by atoms with Crippen molar-refractivity contribution in [1.82, 2.24) is 0 Å². The summed E-state index contributed by atoms with van der Waals surface area (Å²) in [6.45, 7) is 9.16. The van der Waals surface area contributed by atoms with E-state index < -0.39 is 0 Å². The van der Waals surface area contributed by atoms with E-state index in [1.807, 2.05) is 6.07 Å². The molecule has 2 aliphatic rings. The van der Waals surface area contributed by atoms with Crippen LogP contribution >= 0.6 is 11.9 Å². The summed E-state index contributed by atoms with van der Waals surface area (Å²) in [5, 5.41) is 9.98. The molecule has 4 nitrogen and oxygen atoms in total. The Morgan fingerprint density at radius 3 is 2.71 bits per heavy atom. The van der Waals surface area contributed by atoms with Crippen molar-refractivity contribution in [3.8, 4) is 5.75 Å². The number of hydrogen-bond acceptors (Lipinski definition) is 5. The summed E-state index contributed by atoms with van der Waals surface area (Å²) in [4.78, 5) is 1.13. The van der Waals surface area contributed by atoms with E-state index in [1.165, 1.54) is 16.8 Å². The Hall–Kier alpha value is -1.69. The van der Waals surface area contributed by atoms with Gasteiger partial charge in [0.05, 0.1) is 18.9 Å². The van der Waals surface area contributed by atoms with Crippen LogP contribution in [0.1, 0.15) is 56.7 Å². The van der Waals surface area contributed by atoms with E-state index in [2.05, 4.69) is 55.4 Å². The van der Waals surface area contributed by atoms with Crippen molar-refractivity contribution in [1.29, 1.82) is 0 Å². The SMILES string of the molecule is CCc1ccc2c(c1)CCC(C)(C)N2Sc1ccc(OCC2CCOCC2)c(CO)c1.